The third kappa shape index (κ3) is 15.3. The fourth-order valence-electron chi connectivity index (χ4n) is 13.9. The molecular weight excluding hydrogens is 767 g/mol. The summed E-state index contributed by atoms with van der Waals surface area (Å²) >= 11 is 0. The van der Waals surface area contributed by atoms with Crippen LogP contribution in [0.2, 0.25) is 0 Å². The van der Waals surface area contributed by atoms with E-state index in [0.29, 0.717) is 5.41 Å². The molecule has 3 saturated carbocycles. The monoisotopic (exact) mass is 868 g/mol. The number of piperidine rings is 5. The van der Waals surface area contributed by atoms with Gasteiger partial charge in [0.2, 0.25) is 0 Å². The van der Waals surface area contributed by atoms with E-state index >= 15 is 0 Å². The molecule has 360 valence electrons. The Balaban J connectivity index is 0.000000112. The van der Waals surface area contributed by atoms with Crippen molar-refractivity contribution in [2.45, 2.75) is 179 Å². The maximum absolute atomic E-state index is 5.80. The van der Waals surface area contributed by atoms with Crippen LogP contribution in [0.3, 0.4) is 0 Å². The molecule has 12 aliphatic rings. The smallest absolute Gasteiger partial charge is 0.0831 e. The average Bonchev–Trinajstić information content (AvgIpc) is 3.98. The summed E-state index contributed by atoms with van der Waals surface area (Å²) in [6.07, 6.45) is 39.0. The molecule has 9 N–H and O–H groups in total. The Morgan fingerprint density at radius 3 is 0.903 bits per heavy atom. The molecule has 0 bridgehead atoms. The van der Waals surface area contributed by atoms with Crippen LogP contribution in [0, 0.1) is 27.1 Å². The molecular formula is C52H101N9O. The van der Waals surface area contributed by atoms with Crippen molar-refractivity contribution in [1.29, 1.82) is 0 Å². The molecule has 0 aromatic heterocycles. The first-order valence-electron chi connectivity index (χ1n) is 27.5. The Morgan fingerprint density at radius 2 is 0.532 bits per heavy atom. The fraction of sp³-hybridized carbons (Fsp3) is 1.00. The summed E-state index contributed by atoms with van der Waals surface area (Å²) in [6, 6.07) is 0. The van der Waals surface area contributed by atoms with Crippen molar-refractivity contribution in [3.8, 4) is 0 Å². The highest BCUT2D eigenvalue weighted by atomic mass is 16.5. The summed E-state index contributed by atoms with van der Waals surface area (Å²) in [5.74, 6) is 0. The second-order valence-corrected chi connectivity index (χ2v) is 23.1. The van der Waals surface area contributed by atoms with Crippen molar-refractivity contribution in [3.05, 3.63) is 0 Å². The third-order valence-electron chi connectivity index (χ3n) is 18.6. The Hall–Kier alpha value is -0.400. The topological polar surface area (TPSA) is 118 Å². The average molecular weight is 868 g/mol. The molecule has 9 saturated heterocycles. The maximum atomic E-state index is 5.80. The molecule has 12 fully saturated rings. The first-order chi connectivity index (χ1) is 30.5. The second kappa shape index (κ2) is 25.7. The van der Waals surface area contributed by atoms with Gasteiger partial charge in [0, 0.05) is 45.8 Å². The van der Waals surface area contributed by atoms with Crippen molar-refractivity contribution < 1.29 is 4.74 Å². The minimum Gasteiger partial charge on any atom is -0.372 e. The van der Waals surface area contributed by atoms with Crippen LogP contribution < -0.4 is 47.9 Å². The molecule has 0 unspecified atom stereocenters. The van der Waals surface area contributed by atoms with E-state index in [4.69, 9.17) is 4.74 Å². The van der Waals surface area contributed by atoms with Crippen LogP contribution in [0.25, 0.3) is 0 Å². The van der Waals surface area contributed by atoms with Gasteiger partial charge in [-0.05, 0) is 215 Å². The van der Waals surface area contributed by atoms with E-state index in [1.807, 2.05) is 0 Å². The second-order valence-electron chi connectivity index (χ2n) is 23.1. The molecule has 0 atom stereocenters. The number of hydrogen-bond acceptors (Lipinski definition) is 10. The molecule has 0 aromatic carbocycles. The van der Waals surface area contributed by atoms with Crippen LogP contribution in [-0.4, -0.2) is 130 Å². The van der Waals surface area contributed by atoms with Crippen LogP contribution in [0.5, 0.6) is 0 Å². The summed E-state index contributed by atoms with van der Waals surface area (Å²) < 4.78 is 5.80. The van der Waals surface area contributed by atoms with E-state index in [2.05, 4.69) is 47.9 Å². The fourth-order valence-corrected chi connectivity index (χ4v) is 13.9. The number of morpholine rings is 1. The lowest BCUT2D eigenvalue weighted by Gasteiger charge is -2.45. The van der Waals surface area contributed by atoms with E-state index in [0.717, 1.165) is 54.4 Å². The molecule has 0 radical (unpaired) electrons. The van der Waals surface area contributed by atoms with Crippen LogP contribution in [0.15, 0.2) is 0 Å². The third-order valence-corrected chi connectivity index (χ3v) is 18.6. The lowest BCUT2D eigenvalue weighted by Crippen LogP contribution is -2.57. The molecule has 12 rings (SSSR count). The summed E-state index contributed by atoms with van der Waals surface area (Å²) in [5.41, 5.74) is 3.91. The Kier molecular flexibility index (Phi) is 20.5. The van der Waals surface area contributed by atoms with Crippen LogP contribution in [0.4, 0.5) is 0 Å². The van der Waals surface area contributed by atoms with Gasteiger partial charge in [-0.1, -0.05) is 57.8 Å². The standard InChI is InChI=1S/2C10H19N.C9H17N.C8H16N2O.C8H16N2.C7H14N2/c1-2-5-10(6-3-1)7-4-8-11-9-10;1-2-4-10(5-3-1)6-8-11-9-7-10;1-2-4-9(5-3-1)6-7-10-8-9;1-3-9-4-2-8(1)7-10-5-6-11-8;1-4-9-5-2-8(1)3-6-10-7-8;1-3-8-4-2-7(1)5-9-6-7/h2*11H,1-9H2;10H,1-8H2;9-10H,1-7H2;9-10H,1-7H2;8-9H,1-6H2. The zero-order valence-electron chi connectivity index (χ0n) is 40.4. The highest BCUT2D eigenvalue weighted by molar-refractivity contribution is 4.96. The van der Waals surface area contributed by atoms with Gasteiger partial charge in [0.15, 0.2) is 0 Å². The minimum atomic E-state index is 0.184. The molecule has 62 heavy (non-hydrogen) atoms. The Bertz CT molecular complexity index is 992. The van der Waals surface area contributed by atoms with Gasteiger partial charge < -0.3 is 52.6 Å². The molecule has 0 amide bonds. The van der Waals surface area contributed by atoms with Crippen molar-refractivity contribution in [1.82, 2.24) is 47.9 Å². The van der Waals surface area contributed by atoms with Gasteiger partial charge in [-0.2, -0.15) is 0 Å². The largest absolute Gasteiger partial charge is 0.372 e. The van der Waals surface area contributed by atoms with Gasteiger partial charge in [-0.3, -0.25) is 0 Å². The van der Waals surface area contributed by atoms with Gasteiger partial charge >= 0.3 is 0 Å². The predicted molar refractivity (Wildman–Crippen MR) is 261 cm³/mol. The molecule has 6 spiro atoms. The van der Waals surface area contributed by atoms with Crippen LogP contribution in [-0.2, 0) is 4.74 Å². The van der Waals surface area contributed by atoms with E-state index in [1.165, 1.54) is 265 Å². The number of hydrogen-bond donors (Lipinski definition) is 9. The molecule has 3 aliphatic carbocycles. The SMILES string of the molecule is C1CC2(CCN1)CCNC2.C1CC2(CCN1)CNC2.C1CC2(CCN1)CNCCO2.C1CCC2(CC1)CCCNC2.C1CCC2(CC1)CCNC2.C1CCC2(CC1)CCNCC2. The zero-order chi connectivity index (χ0) is 42.6. The van der Waals surface area contributed by atoms with E-state index in [-0.39, 0.29) is 5.60 Å². The van der Waals surface area contributed by atoms with E-state index < -0.39 is 0 Å². The zero-order valence-corrected chi connectivity index (χ0v) is 40.4. The first kappa shape index (κ1) is 49.5. The Morgan fingerprint density at radius 1 is 0.210 bits per heavy atom. The lowest BCUT2D eigenvalue weighted by atomic mass is 9.68. The Labute approximate surface area is 381 Å². The first-order valence-corrected chi connectivity index (χ1v) is 27.5. The van der Waals surface area contributed by atoms with Gasteiger partial charge in [0.05, 0.1) is 12.2 Å². The summed E-state index contributed by atoms with van der Waals surface area (Å²) in [6.45, 7) is 22.9. The van der Waals surface area contributed by atoms with Gasteiger partial charge in [0.25, 0.3) is 0 Å². The summed E-state index contributed by atoms with van der Waals surface area (Å²) in [5, 5.41) is 30.8. The molecule has 10 heteroatoms. The molecule has 10 nitrogen and oxygen atoms in total. The van der Waals surface area contributed by atoms with Crippen molar-refractivity contribution in [2.24, 2.45) is 27.1 Å². The number of ether oxygens (including phenoxy) is 1. The van der Waals surface area contributed by atoms with Crippen LogP contribution in [0.1, 0.15) is 173 Å². The van der Waals surface area contributed by atoms with E-state index in [1.54, 1.807) is 0 Å². The van der Waals surface area contributed by atoms with Crippen molar-refractivity contribution >= 4 is 0 Å². The van der Waals surface area contributed by atoms with Crippen molar-refractivity contribution in [2.75, 3.05) is 124 Å². The minimum absolute atomic E-state index is 0.184. The molecule has 0 aromatic rings. The predicted octanol–water partition coefficient (Wildman–Crippen LogP) is 6.61. The van der Waals surface area contributed by atoms with Crippen molar-refractivity contribution in [3.63, 3.8) is 0 Å². The van der Waals surface area contributed by atoms with Crippen LogP contribution >= 0.6 is 0 Å². The normalized spacial score (nSPS) is 31.0. The van der Waals surface area contributed by atoms with Gasteiger partial charge in [0.1, 0.15) is 0 Å². The molecule has 9 heterocycles. The lowest BCUT2D eigenvalue weighted by molar-refractivity contribution is -0.0832. The highest BCUT2D eigenvalue weighted by Crippen LogP contribution is 2.44. The van der Waals surface area contributed by atoms with E-state index in [9.17, 15) is 0 Å². The number of nitrogens with one attached hydrogen (secondary N) is 9. The quantitative estimate of drug-likeness (QED) is 0.132. The molecule has 9 aliphatic heterocycles. The van der Waals surface area contributed by atoms with Gasteiger partial charge in [-0.15, -0.1) is 0 Å². The summed E-state index contributed by atoms with van der Waals surface area (Å²) in [4.78, 5) is 0. The highest BCUT2D eigenvalue weighted by Gasteiger charge is 2.39. The maximum Gasteiger partial charge on any atom is 0.0831 e. The number of rotatable bonds is 0. The summed E-state index contributed by atoms with van der Waals surface area (Å²) in [7, 11) is 0. The van der Waals surface area contributed by atoms with Gasteiger partial charge in [-0.25, -0.2) is 0 Å².